The Morgan fingerprint density at radius 1 is 1.53 bits per heavy atom. The molecule has 3 nitrogen and oxygen atoms in total. The largest absolute Gasteiger partial charge is 0.309 e. The minimum absolute atomic E-state index is 0.0957. The molecule has 0 spiro atoms. The summed E-state index contributed by atoms with van der Waals surface area (Å²) in [6, 6.07) is 2.95. The number of nitrogens with zero attached hydrogens (tertiary/aromatic N) is 2. The Hall–Kier alpha value is -1.33. The second kappa shape index (κ2) is 5.84. The van der Waals surface area contributed by atoms with Gasteiger partial charge in [-0.1, -0.05) is 6.92 Å². The van der Waals surface area contributed by atoms with Crippen LogP contribution in [0.15, 0.2) is 30.0 Å². The van der Waals surface area contributed by atoms with Crippen molar-refractivity contribution in [1.29, 1.82) is 0 Å². The summed E-state index contributed by atoms with van der Waals surface area (Å²) in [4.78, 5) is 9.28. The molecule has 0 saturated carbocycles. The van der Waals surface area contributed by atoms with Gasteiger partial charge in [0.15, 0.2) is 0 Å². The Morgan fingerprint density at radius 2 is 2.41 bits per heavy atom. The zero-order valence-corrected chi connectivity index (χ0v) is 10.4. The average Bonchev–Trinajstić information content (AvgIpc) is 2.82. The van der Waals surface area contributed by atoms with Crippen LogP contribution in [0.2, 0.25) is 0 Å². The minimum atomic E-state index is -0.261. The third-order valence-electron chi connectivity index (χ3n) is 2.46. The molecule has 0 aliphatic heterocycles. The van der Waals surface area contributed by atoms with Gasteiger partial charge in [0.05, 0.1) is 17.2 Å². The van der Waals surface area contributed by atoms with Crippen LogP contribution >= 0.6 is 11.3 Å². The van der Waals surface area contributed by atoms with Gasteiger partial charge in [0.25, 0.3) is 0 Å². The molecule has 0 fully saturated rings. The summed E-state index contributed by atoms with van der Waals surface area (Å²) < 4.78 is 13.7. The van der Waals surface area contributed by atoms with E-state index in [1.807, 2.05) is 13.1 Å². The molecule has 0 aliphatic carbocycles. The van der Waals surface area contributed by atoms with Crippen molar-refractivity contribution in [2.24, 2.45) is 0 Å². The van der Waals surface area contributed by atoms with Gasteiger partial charge in [-0.25, -0.2) is 4.39 Å². The van der Waals surface area contributed by atoms with Gasteiger partial charge in [-0.15, -0.1) is 11.3 Å². The molecular weight excluding hydrogens is 237 g/mol. The number of pyridine rings is 1. The quantitative estimate of drug-likeness (QED) is 0.887. The number of thiazole rings is 1. The molecule has 2 rings (SSSR count). The van der Waals surface area contributed by atoms with E-state index < -0.39 is 0 Å². The van der Waals surface area contributed by atoms with Crippen LogP contribution in [0.5, 0.6) is 0 Å². The van der Waals surface area contributed by atoms with Crippen LogP contribution in [-0.4, -0.2) is 16.5 Å². The number of hydrogen-bond donors (Lipinski definition) is 1. The lowest BCUT2D eigenvalue weighted by molar-refractivity contribution is 0.496. The molecule has 0 aliphatic rings. The zero-order valence-electron chi connectivity index (χ0n) is 9.56. The van der Waals surface area contributed by atoms with E-state index in [0.717, 1.165) is 11.4 Å². The lowest BCUT2D eigenvalue weighted by Gasteiger charge is -2.16. The number of rotatable bonds is 5. The highest BCUT2D eigenvalue weighted by Gasteiger charge is 2.17. The molecule has 17 heavy (non-hydrogen) atoms. The summed E-state index contributed by atoms with van der Waals surface area (Å²) in [5.41, 5.74) is 2.26. The summed E-state index contributed by atoms with van der Waals surface area (Å²) in [6.45, 7) is 2.78. The van der Waals surface area contributed by atoms with Gasteiger partial charge < -0.3 is 5.32 Å². The first kappa shape index (κ1) is 12.1. The number of halogens is 1. The highest BCUT2D eigenvalue weighted by atomic mass is 32.1. The maximum Gasteiger partial charge on any atom is 0.146 e. The summed E-state index contributed by atoms with van der Waals surface area (Å²) in [7, 11) is 0. The summed E-state index contributed by atoms with van der Waals surface area (Å²) in [5.74, 6) is -0.261. The van der Waals surface area contributed by atoms with Crippen molar-refractivity contribution in [2.75, 3.05) is 6.54 Å². The molecule has 0 radical (unpaired) electrons. The Bertz CT molecular complexity index is 459. The zero-order chi connectivity index (χ0) is 12.1. The molecule has 2 aromatic heterocycles. The second-order valence-corrected chi connectivity index (χ2v) is 4.62. The molecule has 1 N–H and O–H groups in total. The molecule has 0 amide bonds. The van der Waals surface area contributed by atoms with E-state index in [9.17, 15) is 4.39 Å². The lowest BCUT2D eigenvalue weighted by atomic mass is 10.1. The standard InChI is InChI=1S/C12H14FN3S/c1-2-15-11(6-9-7-14-8-17-9)12-10(13)4-3-5-16-12/h3-5,7-8,11,15H,2,6H2,1H3. The van der Waals surface area contributed by atoms with Gasteiger partial charge >= 0.3 is 0 Å². The van der Waals surface area contributed by atoms with Crippen LogP contribution in [0, 0.1) is 5.82 Å². The fourth-order valence-corrected chi connectivity index (χ4v) is 2.35. The molecule has 90 valence electrons. The van der Waals surface area contributed by atoms with Crippen molar-refractivity contribution in [3.05, 3.63) is 46.4 Å². The van der Waals surface area contributed by atoms with Crippen LogP contribution in [0.3, 0.4) is 0 Å². The van der Waals surface area contributed by atoms with E-state index in [1.165, 1.54) is 6.07 Å². The topological polar surface area (TPSA) is 37.8 Å². The second-order valence-electron chi connectivity index (χ2n) is 3.65. The van der Waals surface area contributed by atoms with E-state index in [4.69, 9.17) is 0 Å². The van der Waals surface area contributed by atoms with Crippen LogP contribution in [0.25, 0.3) is 0 Å². The van der Waals surface area contributed by atoms with Crippen molar-refractivity contribution < 1.29 is 4.39 Å². The van der Waals surface area contributed by atoms with Gasteiger partial charge in [-0.2, -0.15) is 0 Å². The molecule has 2 aromatic rings. The Kier molecular flexibility index (Phi) is 4.17. The minimum Gasteiger partial charge on any atom is -0.309 e. The molecular formula is C12H14FN3S. The Balaban J connectivity index is 2.20. The monoisotopic (exact) mass is 251 g/mol. The highest BCUT2D eigenvalue weighted by Crippen LogP contribution is 2.20. The van der Waals surface area contributed by atoms with Crippen molar-refractivity contribution in [3.63, 3.8) is 0 Å². The molecule has 1 unspecified atom stereocenters. The fourth-order valence-electron chi connectivity index (χ4n) is 1.71. The predicted octanol–water partition coefficient (Wildman–Crippen LogP) is 2.57. The van der Waals surface area contributed by atoms with Gasteiger partial charge in [-0.3, -0.25) is 9.97 Å². The molecule has 5 heteroatoms. The maximum atomic E-state index is 13.7. The smallest absolute Gasteiger partial charge is 0.146 e. The van der Waals surface area contributed by atoms with Crippen molar-refractivity contribution in [2.45, 2.75) is 19.4 Å². The van der Waals surface area contributed by atoms with Crippen molar-refractivity contribution in [3.8, 4) is 0 Å². The van der Waals surface area contributed by atoms with Crippen LogP contribution in [-0.2, 0) is 6.42 Å². The normalized spacial score (nSPS) is 12.6. The van der Waals surface area contributed by atoms with Gasteiger partial charge in [0.2, 0.25) is 0 Å². The molecule has 2 heterocycles. The third-order valence-corrected chi connectivity index (χ3v) is 3.26. The average molecular weight is 251 g/mol. The lowest BCUT2D eigenvalue weighted by Crippen LogP contribution is -2.24. The van der Waals surface area contributed by atoms with E-state index in [-0.39, 0.29) is 11.9 Å². The van der Waals surface area contributed by atoms with Crippen LogP contribution < -0.4 is 5.32 Å². The number of hydrogen-bond acceptors (Lipinski definition) is 4. The Morgan fingerprint density at radius 3 is 3.06 bits per heavy atom. The summed E-state index contributed by atoms with van der Waals surface area (Å²) in [5, 5.41) is 3.25. The van der Waals surface area contributed by atoms with E-state index in [1.54, 1.807) is 29.1 Å². The molecule has 1 atom stereocenters. The summed E-state index contributed by atoms with van der Waals surface area (Å²) >= 11 is 1.58. The molecule has 0 aromatic carbocycles. The first-order valence-electron chi connectivity index (χ1n) is 5.52. The number of likely N-dealkylation sites (N-methyl/N-ethyl adjacent to an activating group) is 1. The Labute approximate surface area is 104 Å². The summed E-state index contributed by atoms with van der Waals surface area (Å²) in [6.07, 6.45) is 4.15. The van der Waals surface area contributed by atoms with Gasteiger partial charge in [0, 0.05) is 23.7 Å². The first-order valence-corrected chi connectivity index (χ1v) is 6.40. The highest BCUT2D eigenvalue weighted by molar-refractivity contribution is 7.09. The van der Waals surface area contributed by atoms with Crippen molar-refractivity contribution >= 4 is 11.3 Å². The predicted molar refractivity (Wildman–Crippen MR) is 66.4 cm³/mol. The van der Waals surface area contributed by atoms with Crippen LogP contribution in [0.1, 0.15) is 23.5 Å². The molecule has 0 bridgehead atoms. The third kappa shape index (κ3) is 3.08. The van der Waals surface area contributed by atoms with E-state index in [2.05, 4.69) is 15.3 Å². The number of aromatic nitrogens is 2. The number of nitrogens with one attached hydrogen (secondary N) is 1. The van der Waals surface area contributed by atoms with E-state index >= 15 is 0 Å². The fraction of sp³-hybridized carbons (Fsp3) is 0.333. The van der Waals surface area contributed by atoms with Gasteiger partial charge in [0.1, 0.15) is 5.82 Å². The SMILES string of the molecule is CCNC(Cc1cncs1)c1ncccc1F. The van der Waals surface area contributed by atoms with E-state index in [0.29, 0.717) is 12.1 Å². The molecule has 0 saturated heterocycles. The van der Waals surface area contributed by atoms with Gasteiger partial charge in [-0.05, 0) is 18.7 Å². The first-order chi connectivity index (χ1) is 8.31. The van der Waals surface area contributed by atoms with Crippen molar-refractivity contribution in [1.82, 2.24) is 15.3 Å². The maximum absolute atomic E-state index is 13.7. The van der Waals surface area contributed by atoms with Crippen LogP contribution in [0.4, 0.5) is 4.39 Å².